The monoisotopic (exact) mass is 404 g/mol. The van der Waals surface area contributed by atoms with Gasteiger partial charge in [-0.15, -0.1) is 10.2 Å². The summed E-state index contributed by atoms with van der Waals surface area (Å²) in [5.74, 6) is 0.541. The summed E-state index contributed by atoms with van der Waals surface area (Å²) in [6.07, 6.45) is -2.53. The number of piperidine rings is 1. The third-order valence-electron chi connectivity index (χ3n) is 5.55. The molecule has 0 unspecified atom stereocenters. The number of nitrogens with zero attached hydrogens (tertiary/aromatic N) is 2. The Bertz CT molecular complexity index is 879. The minimum atomic E-state index is -4.54. The third kappa shape index (κ3) is 3.86. The lowest BCUT2D eigenvalue weighted by Crippen LogP contribution is -2.45. The summed E-state index contributed by atoms with van der Waals surface area (Å²) in [5.41, 5.74) is -0.559. The van der Waals surface area contributed by atoms with Crippen LogP contribution in [-0.4, -0.2) is 25.9 Å². The Hall–Kier alpha value is -2.45. The molecule has 0 amide bonds. The number of hydrogen-bond acceptors (Lipinski definition) is 5. The maximum Gasteiger partial charge on any atom is 0.442 e. The van der Waals surface area contributed by atoms with Gasteiger partial charge in [-0.1, -0.05) is 36.4 Å². The summed E-state index contributed by atoms with van der Waals surface area (Å²) >= 11 is 0. The van der Waals surface area contributed by atoms with Crippen molar-refractivity contribution >= 4 is 0 Å². The van der Waals surface area contributed by atoms with Gasteiger partial charge in [0, 0.05) is 29.8 Å². The first-order valence-corrected chi connectivity index (χ1v) is 9.64. The van der Waals surface area contributed by atoms with Crippen molar-refractivity contribution < 1.29 is 17.9 Å². The van der Waals surface area contributed by atoms with Crippen LogP contribution < -0.4 is 15.4 Å². The minimum Gasteiger partial charge on any atom is -0.496 e. The number of nitrogens with one attached hydrogen (secondary N) is 2. The highest BCUT2D eigenvalue weighted by Crippen LogP contribution is 2.52. The zero-order valence-corrected chi connectivity index (χ0v) is 16.0. The summed E-state index contributed by atoms with van der Waals surface area (Å²) < 4.78 is 45.5. The Morgan fingerprint density at radius 2 is 1.93 bits per heavy atom. The lowest BCUT2D eigenvalue weighted by molar-refractivity contribution is -0.166. The van der Waals surface area contributed by atoms with Crippen LogP contribution in [0.5, 0.6) is 5.75 Å². The molecule has 5 nitrogen and oxygen atoms in total. The minimum absolute atomic E-state index is 0.0176. The number of halogens is 3. The molecule has 4 rings (SSSR count). The highest BCUT2D eigenvalue weighted by Gasteiger charge is 2.65. The fourth-order valence-corrected chi connectivity index (χ4v) is 3.94. The van der Waals surface area contributed by atoms with Crippen LogP contribution in [0.2, 0.25) is 0 Å². The van der Waals surface area contributed by atoms with Gasteiger partial charge in [0.2, 0.25) is 0 Å². The molecule has 0 saturated carbocycles. The van der Waals surface area contributed by atoms with Crippen LogP contribution in [0.1, 0.15) is 35.6 Å². The molecule has 1 saturated heterocycles. The molecule has 0 bridgehead atoms. The molecule has 29 heavy (non-hydrogen) atoms. The number of alkyl halides is 3. The first-order valence-electron chi connectivity index (χ1n) is 9.64. The van der Waals surface area contributed by atoms with Gasteiger partial charge in [-0.3, -0.25) is 0 Å². The molecule has 2 N–H and O–H groups in total. The zero-order valence-electron chi connectivity index (χ0n) is 16.0. The van der Waals surface area contributed by atoms with Crippen molar-refractivity contribution in [2.75, 3.05) is 13.7 Å². The summed E-state index contributed by atoms with van der Waals surface area (Å²) in [6, 6.07) is 14.9. The zero-order chi connectivity index (χ0) is 20.5. The van der Waals surface area contributed by atoms with Crippen LogP contribution in [0.3, 0.4) is 0 Å². The quantitative estimate of drug-likeness (QED) is 0.748. The second kappa shape index (κ2) is 7.76. The van der Waals surface area contributed by atoms with Gasteiger partial charge in [0.05, 0.1) is 7.11 Å². The van der Waals surface area contributed by atoms with E-state index in [1.54, 1.807) is 6.07 Å². The van der Waals surface area contributed by atoms with Crippen molar-refractivity contribution in [1.82, 2.24) is 10.6 Å². The Labute approximate surface area is 167 Å². The summed E-state index contributed by atoms with van der Waals surface area (Å²) in [6.45, 7) is 1.33. The van der Waals surface area contributed by atoms with Gasteiger partial charge in [0.15, 0.2) is 0 Å². The molecule has 0 spiro atoms. The lowest BCUT2D eigenvalue weighted by atomic mass is 9.92. The third-order valence-corrected chi connectivity index (χ3v) is 5.55. The van der Waals surface area contributed by atoms with Gasteiger partial charge in [-0.2, -0.15) is 13.2 Å². The van der Waals surface area contributed by atoms with Gasteiger partial charge < -0.3 is 15.4 Å². The first kappa shape index (κ1) is 19.8. The van der Waals surface area contributed by atoms with Crippen LogP contribution in [-0.2, 0) is 12.2 Å². The fraction of sp³-hybridized carbons (Fsp3) is 0.429. The van der Waals surface area contributed by atoms with E-state index < -0.39 is 11.8 Å². The highest BCUT2D eigenvalue weighted by atomic mass is 19.4. The smallest absolute Gasteiger partial charge is 0.442 e. The molecular weight excluding hydrogens is 381 g/mol. The lowest BCUT2D eigenvalue weighted by Gasteiger charge is -2.34. The van der Waals surface area contributed by atoms with E-state index in [1.807, 2.05) is 18.2 Å². The van der Waals surface area contributed by atoms with Crippen molar-refractivity contribution in [1.29, 1.82) is 0 Å². The van der Waals surface area contributed by atoms with Crippen LogP contribution in [0.4, 0.5) is 13.2 Å². The average molecular weight is 404 g/mol. The Kier molecular flexibility index (Phi) is 5.31. The molecule has 154 valence electrons. The van der Waals surface area contributed by atoms with E-state index in [4.69, 9.17) is 4.74 Å². The molecule has 0 radical (unpaired) electrons. The van der Waals surface area contributed by atoms with E-state index in [0.717, 1.165) is 19.4 Å². The van der Waals surface area contributed by atoms with Crippen LogP contribution in [0.25, 0.3) is 0 Å². The number of hydrogen-bond donors (Lipinski definition) is 2. The molecular formula is C21H23F3N4O. The highest BCUT2D eigenvalue weighted by molar-refractivity contribution is 5.42. The molecule has 8 heteroatoms. The van der Waals surface area contributed by atoms with Gasteiger partial charge in [0.1, 0.15) is 5.75 Å². The van der Waals surface area contributed by atoms with E-state index in [0.29, 0.717) is 17.9 Å². The van der Waals surface area contributed by atoms with Gasteiger partial charge in [-0.25, -0.2) is 0 Å². The van der Waals surface area contributed by atoms with E-state index >= 15 is 0 Å². The summed E-state index contributed by atoms with van der Waals surface area (Å²) in [7, 11) is 1.51. The SMILES string of the molecule is COc1ccc(C2(C(F)(F)F)N=N2)cc1CN[C@H]1CCCN[C@H]1c1ccccc1. The van der Waals surface area contributed by atoms with Crippen molar-refractivity contribution in [2.45, 2.75) is 43.3 Å². The van der Waals surface area contributed by atoms with E-state index in [1.165, 1.54) is 24.8 Å². The topological polar surface area (TPSA) is 58.0 Å². The molecule has 2 atom stereocenters. The Morgan fingerprint density at radius 3 is 2.59 bits per heavy atom. The summed E-state index contributed by atoms with van der Waals surface area (Å²) in [5, 5.41) is 13.7. The predicted molar refractivity (Wildman–Crippen MR) is 103 cm³/mol. The second-order valence-corrected chi connectivity index (χ2v) is 7.37. The summed E-state index contributed by atoms with van der Waals surface area (Å²) in [4.78, 5) is 0. The fourth-order valence-electron chi connectivity index (χ4n) is 3.94. The van der Waals surface area contributed by atoms with E-state index in [2.05, 4.69) is 33.0 Å². The Balaban J connectivity index is 1.53. The molecule has 0 aliphatic carbocycles. The number of rotatable bonds is 6. The van der Waals surface area contributed by atoms with Crippen molar-refractivity contribution in [3.05, 3.63) is 65.2 Å². The number of benzene rings is 2. The van der Waals surface area contributed by atoms with Crippen molar-refractivity contribution in [2.24, 2.45) is 10.2 Å². The van der Waals surface area contributed by atoms with Crippen molar-refractivity contribution in [3.8, 4) is 5.75 Å². The van der Waals surface area contributed by atoms with Crippen LogP contribution >= 0.6 is 0 Å². The molecule has 2 aromatic rings. The maximum absolute atomic E-state index is 13.4. The predicted octanol–water partition coefficient (Wildman–Crippen LogP) is 4.46. The molecule has 2 aliphatic rings. The normalized spacial score (nSPS) is 23.0. The molecule has 0 aromatic heterocycles. The largest absolute Gasteiger partial charge is 0.496 e. The molecule has 2 aliphatic heterocycles. The van der Waals surface area contributed by atoms with Gasteiger partial charge in [0.25, 0.3) is 0 Å². The average Bonchev–Trinajstić information content (AvgIpc) is 3.55. The standard InChI is InChI=1S/C21H23F3N4O/c1-29-18-10-9-16(20(27-28-20)21(22,23)24)12-15(18)13-26-17-8-5-11-25-19(17)14-6-3-2-4-7-14/h2-4,6-7,9-10,12,17,19,25-26H,5,8,11,13H2,1H3/t17-,19-/m0/s1. The van der Waals surface area contributed by atoms with E-state index in [-0.39, 0.29) is 17.6 Å². The molecule has 1 fully saturated rings. The van der Waals surface area contributed by atoms with Crippen molar-refractivity contribution in [3.63, 3.8) is 0 Å². The molecule has 2 aromatic carbocycles. The Morgan fingerprint density at radius 1 is 1.17 bits per heavy atom. The second-order valence-electron chi connectivity index (χ2n) is 7.37. The van der Waals surface area contributed by atoms with Crippen LogP contribution in [0.15, 0.2) is 58.8 Å². The molecule has 2 heterocycles. The van der Waals surface area contributed by atoms with E-state index in [9.17, 15) is 13.2 Å². The van der Waals surface area contributed by atoms with Crippen LogP contribution in [0, 0.1) is 0 Å². The first-order chi connectivity index (χ1) is 13.9. The maximum atomic E-state index is 13.4. The number of ether oxygens (including phenoxy) is 1. The van der Waals surface area contributed by atoms with Gasteiger partial charge in [-0.05, 0) is 37.1 Å². The van der Waals surface area contributed by atoms with Gasteiger partial charge >= 0.3 is 11.8 Å². The number of methoxy groups -OCH3 is 1.